The molecular formula is C95H123N17O19S. The number of fused-ring (bicyclic) bond motifs is 1. The van der Waals surface area contributed by atoms with Crippen LogP contribution in [0.2, 0.25) is 0 Å². The van der Waals surface area contributed by atoms with Gasteiger partial charge in [0.1, 0.15) is 83.6 Å². The maximum atomic E-state index is 15.5. The third kappa shape index (κ3) is 32.4. The number of aromatic amines is 1. The standard InChI is InChI=1S/C95H123N17O19S/c1-13-14-31-76-93(129)110(10)53-80(117)101-72(48-82(119)131-95(6,7)8)89(125)108-83(57(4)5)94(130)112(12)77(46-59-26-19-16-20-27-59)90(126)106-73(44-61-34-38-65(114)39-35-61)91(127)109(9)52-79(116)100-71(47-63-50-98-67-30-22-21-29-66(63)67)88(124)104-70(43-60-32-36-64(113)37-33-60)87(123)103-68(41-56(2)3)85(121)107-75(84(120)99-51-78(96)115)54-132-55-81(118)102-69(42-58-24-17-15-18-25-58)86(122)105-74(92(128)111(76)11)45-62-28-23-40-97-49-62/h15-30,32-40,49-50,56-57,68-77,83,98,113-114H,13-14,31,41-48,51-55H2,1-12H3,(H2,96,115)(H,99,120)(H,100,116)(H,101,117)(H,102,118)(H,103,123)(H,104,124)(H,105,122)(H,106,126)(H,107,121)(H,108,125)/t68-,69-,70-,71-,72-,73-,74-,75-,76-,77-,83-/m0/s1. The number of nitrogens with zero attached hydrogens (tertiary/aromatic N) is 5. The number of nitrogens with one attached hydrogen (secondary N) is 11. The van der Waals surface area contributed by atoms with Crippen molar-refractivity contribution >= 4 is 117 Å². The van der Waals surface area contributed by atoms with Crippen molar-refractivity contribution < 1.29 is 91.7 Å². The normalized spacial score (nSPS) is 21.7. The number of H-pyrrole nitrogens is 1. The van der Waals surface area contributed by atoms with Crippen molar-refractivity contribution in [1.29, 1.82) is 0 Å². The van der Waals surface area contributed by atoms with Crippen molar-refractivity contribution in [3.05, 3.63) is 198 Å². The van der Waals surface area contributed by atoms with E-state index >= 15 is 43.2 Å². The summed E-state index contributed by atoms with van der Waals surface area (Å²) in [6, 6.07) is 22.0. The highest BCUT2D eigenvalue weighted by Crippen LogP contribution is 2.24. The number of phenolic OH excluding ortho intramolecular Hbond substituents is 2. The predicted octanol–water partition coefficient (Wildman–Crippen LogP) is 2.64. The summed E-state index contributed by atoms with van der Waals surface area (Å²) < 4.78 is 5.64. The molecule has 132 heavy (non-hydrogen) atoms. The molecule has 0 spiro atoms. The van der Waals surface area contributed by atoms with Gasteiger partial charge in [0.2, 0.25) is 88.6 Å². The SMILES string of the molecule is CCCC[C@H]1C(=O)N(C)CC(=O)N[C@@H](CC(=O)OC(C)(C)C)C(=O)N[C@@H](C(C)C)C(=O)N(C)[C@@H](Cc2ccccc2)C(=O)N[C@@H](Cc2ccc(O)cc2)C(=O)N(C)CC(=O)N[C@@H](Cc2c[nH]c3ccccc23)C(=O)N[C@@H](Cc2ccc(O)cc2)C(=O)N[C@@H](CC(C)C)C(=O)N[C@H](C(=O)NCC(N)=O)CSCC(=O)N[C@@H](Cc2ccccc2)C(=O)N[C@@H](Cc2cccnc2)C(=O)N1C. The van der Waals surface area contributed by atoms with Crippen molar-refractivity contribution in [3.63, 3.8) is 0 Å². The molecule has 1 fully saturated rings. The number of esters is 1. The number of likely N-dealkylation sites (N-methyl/N-ethyl adjacent to an activating group) is 4. The third-order valence-corrected chi connectivity index (χ3v) is 22.9. The van der Waals surface area contributed by atoms with Crippen LogP contribution < -0.4 is 58.9 Å². The molecule has 1 aliphatic heterocycles. The summed E-state index contributed by atoms with van der Waals surface area (Å²) in [6.07, 6.45) is 3.21. The lowest BCUT2D eigenvalue weighted by molar-refractivity contribution is -0.157. The van der Waals surface area contributed by atoms with Gasteiger partial charge in [-0.3, -0.25) is 81.7 Å². The van der Waals surface area contributed by atoms with Crippen LogP contribution in [0.5, 0.6) is 11.5 Å². The Balaban J connectivity index is 1.22. The molecule has 7 aromatic rings. The van der Waals surface area contributed by atoms with E-state index < -0.39 is 210 Å². The van der Waals surface area contributed by atoms with E-state index in [-0.39, 0.29) is 68.8 Å². The van der Waals surface area contributed by atoms with E-state index in [4.69, 9.17) is 10.5 Å². The minimum atomic E-state index is -1.81. The molecule has 0 saturated carbocycles. The number of unbranched alkanes of at least 4 members (excludes halogenated alkanes) is 1. The first-order valence-corrected chi connectivity index (χ1v) is 45.0. The van der Waals surface area contributed by atoms with E-state index in [9.17, 15) is 43.8 Å². The zero-order valence-corrected chi connectivity index (χ0v) is 77.3. The number of nitrogens with two attached hydrogens (primary N) is 1. The van der Waals surface area contributed by atoms with Crippen LogP contribution >= 0.6 is 11.8 Å². The summed E-state index contributed by atoms with van der Waals surface area (Å²) in [6.45, 7) is 11.0. The van der Waals surface area contributed by atoms with Gasteiger partial charge in [-0.2, -0.15) is 0 Å². The second-order valence-corrected chi connectivity index (χ2v) is 35.8. The summed E-state index contributed by atoms with van der Waals surface area (Å²) in [5, 5.41) is 48.5. The molecule has 36 nitrogen and oxygen atoms in total. The molecule has 15 amide bonds. The number of pyridine rings is 1. The van der Waals surface area contributed by atoms with Gasteiger partial charge in [0.15, 0.2) is 0 Å². The van der Waals surface area contributed by atoms with Crippen molar-refractivity contribution in [2.24, 2.45) is 17.6 Å². The third-order valence-electron chi connectivity index (χ3n) is 21.9. The van der Waals surface area contributed by atoms with Crippen LogP contribution in [-0.4, -0.2) is 266 Å². The zero-order valence-electron chi connectivity index (χ0n) is 76.5. The molecule has 5 aromatic carbocycles. The molecule has 708 valence electrons. The molecule has 11 atom stereocenters. The number of ether oxygens (including phenoxy) is 1. The Labute approximate surface area is 771 Å². The number of carbonyl (C=O) groups excluding carboxylic acids is 16. The van der Waals surface area contributed by atoms with Gasteiger partial charge >= 0.3 is 5.97 Å². The first-order chi connectivity index (χ1) is 62.6. The van der Waals surface area contributed by atoms with Crippen molar-refractivity contribution in [1.82, 2.24) is 82.7 Å². The second kappa shape index (κ2) is 49.9. The number of aromatic nitrogens is 2. The Morgan fingerprint density at radius 3 is 1.54 bits per heavy atom. The smallest absolute Gasteiger partial charge is 0.308 e. The molecule has 0 radical (unpaired) electrons. The topological polar surface area (TPSA) is 511 Å². The van der Waals surface area contributed by atoms with Crippen LogP contribution in [0.25, 0.3) is 10.9 Å². The molecule has 0 unspecified atom stereocenters. The average molecular weight is 1840 g/mol. The van der Waals surface area contributed by atoms with Gasteiger partial charge in [-0.25, -0.2) is 0 Å². The Morgan fingerprint density at radius 1 is 0.508 bits per heavy atom. The van der Waals surface area contributed by atoms with Crippen LogP contribution in [0, 0.1) is 11.8 Å². The first kappa shape index (κ1) is 104. The molecule has 0 aliphatic carbocycles. The molecule has 1 saturated heterocycles. The number of hydrogen-bond donors (Lipinski definition) is 14. The zero-order chi connectivity index (χ0) is 96.6. The molecule has 8 rings (SSSR count). The van der Waals surface area contributed by atoms with E-state index in [0.29, 0.717) is 57.1 Å². The van der Waals surface area contributed by atoms with Crippen molar-refractivity contribution in [3.8, 4) is 11.5 Å². The molecule has 1 aliphatic rings. The van der Waals surface area contributed by atoms with E-state index in [0.717, 1.165) is 31.4 Å². The van der Waals surface area contributed by atoms with Crippen LogP contribution in [0.1, 0.15) is 121 Å². The number of rotatable bonds is 23. The monoisotopic (exact) mass is 1840 g/mol. The molecule has 2 aromatic heterocycles. The highest BCUT2D eigenvalue weighted by Gasteiger charge is 2.42. The van der Waals surface area contributed by atoms with Gasteiger partial charge in [-0.1, -0.05) is 157 Å². The van der Waals surface area contributed by atoms with Crippen molar-refractivity contribution in [2.45, 2.75) is 198 Å². The lowest BCUT2D eigenvalue weighted by Crippen LogP contribution is -2.61. The van der Waals surface area contributed by atoms with Gasteiger partial charge in [0.05, 0.1) is 31.8 Å². The number of aromatic hydroxyl groups is 2. The van der Waals surface area contributed by atoms with Gasteiger partial charge in [0, 0.05) is 102 Å². The Hall–Kier alpha value is -13.7. The Bertz CT molecular complexity index is 5160. The number of thioether (sulfide) groups is 1. The predicted molar refractivity (Wildman–Crippen MR) is 493 cm³/mol. The average Bonchev–Trinajstić information content (AvgIpc) is 1.50. The highest BCUT2D eigenvalue weighted by atomic mass is 32.2. The number of benzene rings is 5. The number of para-hydroxylation sites is 1. The first-order valence-electron chi connectivity index (χ1n) is 43.8. The van der Waals surface area contributed by atoms with Crippen LogP contribution in [0.4, 0.5) is 0 Å². The van der Waals surface area contributed by atoms with Gasteiger partial charge in [-0.05, 0) is 115 Å². The lowest BCUT2D eigenvalue weighted by Gasteiger charge is -2.34. The van der Waals surface area contributed by atoms with Crippen LogP contribution in [-0.2, 0) is 120 Å². The fourth-order valence-corrected chi connectivity index (χ4v) is 15.8. The molecule has 37 heteroatoms. The fourth-order valence-electron chi connectivity index (χ4n) is 14.9. The number of primary amides is 1. The fraction of sp³-hybridized carbons (Fsp3) is 0.442. The van der Waals surface area contributed by atoms with E-state index in [1.165, 1.54) is 89.1 Å². The van der Waals surface area contributed by atoms with E-state index in [1.807, 2.05) is 6.92 Å². The molecule has 3 heterocycles. The number of phenols is 2. The van der Waals surface area contributed by atoms with Crippen molar-refractivity contribution in [2.75, 3.05) is 59.3 Å². The summed E-state index contributed by atoms with van der Waals surface area (Å²) in [5.74, 6) is -16.8. The maximum absolute atomic E-state index is 15.5. The number of amides is 15. The molecule has 0 bridgehead atoms. The Morgan fingerprint density at radius 2 is 0.977 bits per heavy atom. The van der Waals surface area contributed by atoms with Crippen LogP contribution in [0.15, 0.2) is 164 Å². The number of hydrogen-bond acceptors (Lipinski definition) is 21. The summed E-state index contributed by atoms with van der Waals surface area (Å²) in [7, 11) is 5.21. The minimum absolute atomic E-state index is 0.0274. The summed E-state index contributed by atoms with van der Waals surface area (Å²) >= 11 is 0.821. The van der Waals surface area contributed by atoms with E-state index in [1.54, 1.807) is 152 Å². The maximum Gasteiger partial charge on any atom is 0.308 e. The highest BCUT2D eigenvalue weighted by molar-refractivity contribution is 8.00. The summed E-state index contributed by atoms with van der Waals surface area (Å²) in [5.41, 5.74) is 7.89. The lowest BCUT2D eigenvalue weighted by atomic mass is 9.98. The van der Waals surface area contributed by atoms with E-state index in [2.05, 4.69) is 63.1 Å². The quantitative estimate of drug-likeness (QED) is 0.0409. The van der Waals surface area contributed by atoms with Gasteiger partial charge in [0.25, 0.3) is 0 Å². The second-order valence-electron chi connectivity index (χ2n) is 34.7. The molecular weight excluding hydrogens is 1720 g/mol. The number of carbonyl (C=O) groups is 16. The molecule has 15 N–H and O–H groups in total. The largest absolute Gasteiger partial charge is 0.508 e. The summed E-state index contributed by atoms with van der Waals surface area (Å²) in [4.78, 5) is 248. The van der Waals surface area contributed by atoms with Gasteiger partial charge < -0.3 is 98.4 Å². The minimum Gasteiger partial charge on any atom is -0.508 e. The van der Waals surface area contributed by atoms with Crippen LogP contribution in [0.3, 0.4) is 0 Å². The van der Waals surface area contributed by atoms with Gasteiger partial charge in [-0.15, -0.1) is 11.8 Å². The Kier molecular flexibility index (Phi) is 39.2.